The first kappa shape index (κ1) is 19.0. The lowest BCUT2D eigenvalue weighted by Crippen LogP contribution is -2.18. The summed E-state index contributed by atoms with van der Waals surface area (Å²) in [6.45, 7) is 6.77. The zero-order valence-corrected chi connectivity index (χ0v) is 16.2. The van der Waals surface area contributed by atoms with E-state index in [0.717, 1.165) is 11.1 Å². The fraction of sp³-hybridized carbons (Fsp3) is 0.125. The molecule has 0 spiro atoms. The van der Waals surface area contributed by atoms with Crippen LogP contribution in [0.25, 0.3) is 34.1 Å². The summed E-state index contributed by atoms with van der Waals surface area (Å²) in [5, 5.41) is 10.2. The van der Waals surface area contributed by atoms with E-state index in [-0.39, 0.29) is 17.0 Å². The molecular weight excluding hydrogens is 370 g/mol. The minimum atomic E-state index is -1.32. The highest BCUT2D eigenvalue weighted by atomic mass is 19.1. The van der Waals surface area contributed by atoms with Gasteiger partial charge in [-0.15, -0.1) is 0 Å². The molecule has 0 atom stereocenters. The van der Waals surface area contributed by atoms with Crippen molar-refractivity contribution in [2.24, 2.45) is 0 Å². The summed E-state index contributed by atoms with van der Waals surface area (Å²) in [5.41, 5.74) is 2.43. The first-order chi connectivity index (χ1) is 13.8. The third kappa shape index (κ3) is 3.34. The van der Waals surface area contributed by atoms with Crippen molar-refractivity contribution < 1.29 is 13.9 Å². The molecule has 0 bridgehead atoms. The number of aromatic nitrogens is 2. The van der Waals surface area contributed by atoms with E-state index in [1.165, 1.54) is 26.0 Å². The van der Waals surface area contributed by atoms with Gasteiger partial charge in [0.05, 0.1) is 17.5 Å². The number of hydrogen-bond acceptors (Lipinski definition) is 2. The van der Waals surface area contributed by atoms with Gasteiger partial charge in [-0.05, 0) is 49.2 Å². The first-order valence-corrected chi connectivity index (χ1v) is 9.21. The van der Waals surface area contributed by atoms with Crippen LogP contribution in [0, 0.1) is 11.6 Å². The molecule has 5 heteroatoms. The predicted molar refractivity (Wildman–Crippen MR) is 111 cm³/mol. The maximum Gasteiger partial charge on any atom is 0.174 e. The Kier molecular flexibility index (Phi) is 4.55. The fourth-order valence-electron chi connectivity index (χ4n) is 3.41. The van der Waals surface area contributed by atoms with Crippen molar-refractivity contribution in [1.82, 2.24) is 9.38 Å². The number of rotatable bonds is 4. The summed E-state index contributed by atoms with van der Waals surface area (Å²) in [6, 6.07) is 13.7. The number of nitrogens with zero attached hydrogens (tertiary/aromatic N) is 2. The second-order valence-electron chi connectivity index (χ2n) is 7.46. The van der Waals surface area contributed by atoms with Crippen LogP contribution in [-0.2, 0) is 5.60 Å². The summed E-state index contributed by atoms with van der Waals surface area (Å²) in [4.78, 5) is 4.19. The van der Waals surface area contributed by atoms with Gasteiger partial charge in [0.2, 0.25) is 0 Å². The summed E-state index contributed by atoms with van der Waals surface area (Å²) in [7, 11) is 0. The van der Waals surface area contributed by atoms with Gasteiger partial charge in [-0.2, -0.15) is 0 Å². The summed E-state index contributed by atoms with van der Waals surface area (Å²) < 4.78 is 31.0. The van der Waals surface area contributed by atoms with Gasteiger partial charge >= 0.3 is 0 Å². The van der Waals surface area contributed by atoms with Crippen LogP contribution < -0.4 is 0 Å². The van der Waals surface area contributed by atoms with Crippen LogP contribution in [0.3, 0.4) is 0 Å². The zero-order chi connectivity index (χ0) is 20.8. The third-order valence-corrected chi connectivity index (χ3v) is 5.00. The summed E-state index contributed by atoms with van der Waals surface area (Å²) >= 11 is 0. The molecule has 0 aliphatic rings. The number of halogens is 2. The summed E-state index contributed by atoms with van der Waals surface area (Å²) in [5.74, 6) is -0.919. The number of fused-ring (bicyclic) bond motifs is 1. The molecule has 3 nitrogen and oxygen atoms in total. The molecule has 29 heavy (non-hydrogen) atoms. The van der Waals surface area contributed by atoms with Crippen LogP contribution in [0.15, 0.2) is 67.5 Å². The molecule has 0 amide bonds. The highest BCUT2D eigenvalue weighted by Gasteiger charge is 2.24. The minimum absolute atomic E-state index is 0.112. The van der Waals surface area contributed by atoms with E-state index < -0.39 is 11.4 Å². The van der Waals surface area contributed by atoms with Gasteiger partial charge in [-0.1, -0.05) is 36.9 Å². The van der Waals surface area contributed by atoms with Crippen molar-refractivity contribution in [3.63, 3.8) is 0 Å². The molecule has 4 aromatic rings. The molecule has 2 aromatic carbocycles. The van der Waals surface area contributed by atoms with E-state index in [9.17, 15) is 13.9 Å². The molecule has 2 heterocycles. The number of hydrogen-bond donors (Lipinski definition) is 1. The Labute approximate surface area is 167 Å². The standard InChI is InChI=1S/C24H20F2N2O/c1-4-15-5-7-16(8-6-15)18-13-17(9-10-20(18)25)21-14-27-23-22(26)19(24(2,3)29)11-12-28(21)23/h4-14,29H,1H2,2-3H3. The summed E-state index contributed by atoms with van der Waals surface area (Å²) in [6.07, 6.45) is 4.94. The normalized spacial score (nSPS) is 11.8. The maximum atomic E-state index is 14.9. The Hall–Kier alpha value is -3.31. The van der Waals surface area contributed by atoms with E-state index in [0.29, 0.717) is 16.8 Å². The molecule has 0 aliphatic heterocycles. The van der Waals surface area contributed by atoms with E-state index in [1.807, 2.05) is 24.3 Å². The average Bonchev–Trinajstić information content (AvgIpc) is 3.13. The highest BCUT2D eigenvalue weighted by Crippen LogP contribution is 2.32. The maximum absolute atomic E-state index is 14.9. The molecule has 0 radical (unpaired) electrons. The van der Waals surface area contributed by atoms with Crippen molar-refractivity contribution >= 4 is 11.7 Å². The van der Waals surface area contributed by atoms with Crippen molar-refractivity contribution in [3.05, 3.63) is 90.3 Å². The van der Waals surface area contributed by atoms with Crippen LogP contribution in [0.2, 0.25) is 0 Å². The quantitative estimate of drug-likeness (QED) is 0.477. The highest BCUT2D eigenvalue weighted by molar-refractivity contribution is 5.74. The number of aliphatic hydroxyl groups is 1. The lowest BCUT2D eigenvalue weighted by molar-refractivity contribution is 0.0746. The van der Waals surface area contributed by atoms with E-state index in [1.54, 1.807) is 35.0 Å². The van der Waals surface area contributed by atoms with Gasteiger partial charge in [0.25, 0.3) is 0 Å². The molecular formula is C24H20F2N2O. The van der Waals surface area contributed by atoms with Gasteiger partial charge in [-0.3, -0.25) is 4.40 Å². The number of pyridine rings is 1. The molecule has 2 aromatic heterocycles. The van der Waals surface area contributed by atoms with Gasteiger partial charge in [0.1, 0.15) is 5.82 Å². The average molecular weight is 390 g/mol. The number of imidazole rings is 1. The largest absolute Gasteiger partial charge is 0.386 e. The van der Waals surface area contributed by atoms with Crippen LogP contribution in [0.4, 0.5) is 8.78 Å². The Bertz CT molecular complexity index is 1220. The Balaban J connectivity index is 1.84. The van der Waals surface area contributed by atoms with Crippen LogP contribution in [0.1, 0.15) is 25.0 Å². The molecule has 0 aliphatic carbocycles. The van der Waals surface area contributed by atoms with Gasteiger partial charge in [-0.25, -0.2) is 13.8 Å². The predicted octanol–water partition coefficient (Wildman–Crippen LogP) is 5.82. The van der Waals surface area contributed by atoms with Gasteiger partial charge < -0.3 is 5.11 Å². The Morgan fingerprint density at radius 2 is 1.72 bits per heavy atom. The monoisotopic (exact) mass is 390 g/mol. The molecule has 1 N–H and O–H groups in total. The topological polar surface area (TPSA) is 37.5 Å². The lowest BCUT2D eigenvalue weighted by Gasteiger charge is -2.18. The van der Waals surface area contributed by atoms with E-state index in [2.05, 4.69) is 11.6 Å². The van der Waals surface area contributed by atoms with E-state index in [4.69, 9.17) is 0 Å². The Morgan fingerprint density at radius 3 is 2.38 bits per heavy atom. The minimum Gasteiger partial charge on any atom is -0.386 e. The molecule has 0 fully saturated rings. The second kappa shape index (κ2) is 6.94. The molecule has 0 unspecified atom stereocenters. The Morgan fingerprint density at radius 1 is 1.03 bits per heavy atom. The fourth-order valence-corrected chi connectivity index (χ4v) is 3.41. The van der Waals surface area contributed by atoms with Crippen molar-refractivity contribution in [1.29, 1.82) is 0 Å². The van der Waals surface area contributed by atoms with Crippen LogP contribution in [0.5, 0.6) is 0 Å². The van der Waals surface area contributed by atoms with Crippen LogP contribution >= 0.6 is 0 Å². The van der Waals surface area contributed by atoms with Crippen molar-refractivity contribution in [2.45, 2.75) is 19.4 Å². The molecule has 0 saturated heterocycles. The third-order valence-electron chi connectivity index (χ3n) is 5.00. The van der Waals surface area contributed by atoms with Crippen molar-refractivity contribution in [3.8, 4) is 22.4 Å². The molecule has 146 valence electrons. The lowest BCUT2D eigenvalue weighted by atomic mass is 9.99. The number of benzene rings is 2. The SMILES string of the molecule is C=Cc1ccc(-c2cc(-c3cnc4c(F)c(C(C)(C)O)ccn34)ccc2F)cc1. The van der Waals surface area contributed by atoms with Crippen molar-refractivity contribution in [2.75, 3.05) is 0 Å². The van der Waals surface area contributed by atoms with Crippen LogP contribution in [-0.4, -0.2) is 14.5 Å². The zero-order valence-electron chi connectivity index (χ0n) is 16.2. The molecule has 0 saturated carbocycles. The van der Waals surface area contributed by atoms with Gasteiger partial charge in [0, 0.05) is 22.9 Å². The van der Waals surface area contributed by atoms with E-state index >= 15 is 0 Å². The smallest absolute Gasteiger partial charge is 0.174 e. The molecule has 4 rings (SSSR count). The van der Waals surface area contributed by atoms with Gasteiger partial charge in [0.15, 0.2) is 11.5 Å². The first-order valence-electron chi connectivity index (χ1n) is 9.21. The second-order valence-corrected chi connectivity index (χ2v) is 7.46.